The highest BCUT2D eigenvalue weighted by Gasteiger charge is 2.20. The summed E-state index contributed by atoms with van der Waals surface area (Å²) in [5.74, 6) is 1.73. The van der Waals surface area contributed by atoms with Crippen LogP contribution in [0.1, 0.15) is 65.1 Å². The molecule has 0 saturated carbocycles. The van der Waals surface area contributed by atoms with Crippen molar-refractivity contribution in [1.29, 1.82) is 0 Å². The predicted molar refractivity (Wildman–Crippen MR) is 77.6 cm³/mol. The van der Waals surface area contributed by atoms with Gasteiger partial charge in [-0.2, -0.15) is 0 Å². The first kappa shape index (κ1) is 15.2. The molecule has 0 saturated heterocycles. The largest absolute Gasteiger partial charge is 0.331 e. The van der Waals surface area contributed by atoms with E-state index in [0.717, 1.165) is 5.92 Å². The van der Waals surface area contributed by atoms with Crippen molar-refractivity contribution in [1.82, 2.24) is 9.55 Å². The molecule has 2 unspecified atom stereocenters. The number of nitrogens with zero attached hydrogens (tertiary/aromatic N) is 2. The Kier molecular flexibility index (Phi) is 5.86. The standard InChI is InChI=1S/C15H29N3/c1-11(2)6-7-13(5)18-10-17-9-15(18)14(8-16)12(3)4/h9-14H,6-8,16H2,1-5H3. The molecule has 0 aromatic carbocycles. The van der Waals surface area contributed by atoms with E-state index >= 15 is 0 Å². The number of rotatable bonds is 7. The van der Waals surface area contributed by atoms with Crippen LogP contribution in [0.2, 0.25) is 0 Å². The normalized spacial score (nSPS) is 15.3. The molecule has 0 aliphatic rings. The van der Waals surface area contributed by atoms with Crippen LogP contribution >= 0.6 is 0 Å². The molecule has 3 heteroatoms. The van der Waals surface area contributed by atoms with Crippen LogP contribution in [0, 0.1) is 11.8 Å². The van der Waals surface area contributed by atoms with Crippen LogP contribution in [0.5, 0.6) is 0 Å². The van der Waals surface area contributed by atoms with Crippen LogP contribution in [0.15, 0.2) is 12.5 Å². The summed E-state index contributed by atoms with van der Waals surface area (Å²) in [4.78, 5) is 4.33. The van der Waals surface area contributed by atoms with E-state index in [-0.39, 0.29) is 0 Å². The molecule has 1 aromatic heterocycles. The van der Waals surface area contributed by atoms with Gasteiger partial charge in [-0.05, 0) is 31.6 Å². The Morgan fingerprint density at radius 2 is 1.83 bits per heavy atom. The zero-order valence-corrected chi connectivity index (χ0v) is 12.6. The quantitative estimate of drug-likeness (QED) is 0.805. The van der Waals surface area contributed by atoms with E-state index in [0.29, 0.717) is 24.4 Å². The van der Waals surface area contributed by atoms with Gasteiger partial charge in [0.2, 0.25) is 0 Å². The molecule has 0 aliphatic carbocycles. The van der Waals surface area contributed by atoms with Gasteiger partial charge in [0.25, 0.3) is 0 Å². The highest BCUT2D eigenvalue weighted by atomic mass is 15.1. The molecular formula is C15H29N3. The van der Waals surface area contributed by atoms with Crippen molar-refractivity contribution in [2.75, 3.05) is 6.54 Å². The van der Waals surface area contributed by atoms with Gasteiger partial charge in [0, 0.05) is 30.4 Å². The molecular weight excluding hydrogens is 222 g/mol. The van der Waals surface area contributed by atoms with Crippen molar-refractivity contribution in [2.45, 2.75) is 59.4 Å². The van der Waals surface area contributed by atoms with Gasteiger partial charge in [-0.15, -0.1) is 0 Å². The van der Waals surface area contributed by atoms with E-state index in [2.05, 4.69) is 44.2 Å². The van der Waals surface area contributed by atoms with E-state index < -0.39 is 0 Å². The minimum Gasteiger partial charge on any atom is -0.331 e. The molecule has 0 bridgehead atoms. The Balaban J connectivity index is 2.80. The molecule has 0 aliphatic heterocycles. The maximum atomic E-state index is 5.92. The summed E-state index contributed by atoms with van der Waals surface area (Å²) in [5, 5.41) is 0. The molecule has 104 valence electrons. The number of hydrogen-bond acceptors (Lipinski definition) is 2. The van der Waals surface area contributed by atoms with Crippen molar-refractivity contribution in [3.05, 3.63) is 18.2 Å². The average molecular weight is 251 g/mol. The fourth-order valence-corrected chi connectivity index (χ4v) is 2.42. The summed E-state index contributed by atoms with van der Waals surface area (Å²) in [6, 6.07) is 0.512. The maximum Gasteiger partial charge on any atom is 0.0950 e. The molecule has 1 rings (SSSR count). The number of aromatic nitrogens is 2. The summed E-state index contributed by atoms with van der Waals surface area (Å²) < 4.78 is 2.32. The average Bonchev–Trinajstić information content (AvgIpc) is 2.75. The van der Waals surface area contributed by atoms with Gasteiger partial charge in [0.1, 0.15) is 0 Å². The minimum atomic E-state index is 0.411. The van der Waals surface area contributed by atoms with E-state index in [1.165, 1.54) is 18.5 Å². The number of imidazole rings is 1. The Bertz CT molecular complexity index is 341. The first-order valence-electron chi connectivity index (χ1n) is 7.19. The molecule has 0 amide bonds. The minimum absolute atomic E-state index is 0.411. The highest BCUT2D eigenvalue weighted by Crippen LogP contribution is 2.27. The van der Waals surface area contributed by atoms with Crippen LogP contribution in [0.3, 0.4) is 0 Å². The molecule has 18 heavy (non-hydrogen) atoms. The van der Waals surface area contributed by atoms with E-state index in [1.807, 2.05) is 12.5 Å². The van der Waals surface area contributed by atoms with Crippen LogP contribution in [-0.4, -0.2) is 16.1 Å². The smallest absolute Gasteiger partial charge is 0.0950 e. The first-order valence-corrected chi connectivity index (χ1v) is 7.19. The molecule has 1 heterocycles. The van der Waals surface area contributed by atoms with Gasteiger partial charge in [-0.1, -0.05) is 27.7 Å². The summed E-state index contributed by atoms with van der Waals surface area (Å²) in [7, 11) is 0. The summed E-state index contributed by atoms with van der Waals surface area (Å²) >= 11 is 0. The third kappa shape index (κ3) is 3.84. The van der Waals surface area contributed by atoms with Crippen LogP contribution in [0.4, 0.5) is 0 Å². The Morgan fingerprint density at radius 3 is 2.33 bits per heavy atom. The van der Waals surface area contributed by atoms with Crippen LogP contribution in [0.25, 0.3) is 0 Å². The lowest BCUT2D eigenvalue weighted by atomic mass is 9.92. The molecule has 0 radical (unpaired) electrons. The summed E-state index contributed by atoms with van der Waals surface area (Å²) in [6.45, 7) is 12.0. The van der Waals surface area contributed by atoms with E-state index in [9.17, 15) is 0 Å². The van der Waals surface area contributed by atoms with Gasteiger partial charge < -0.3 is 10.3 Å². The molecule has 0 spiro atoms. The number of hydrogen-bond donors (Lipinski definition) is 1. The monoisotopic (exact) mass is 251 g/mol. The zero-order chi connectivity index (χ0) is 13.7. The molecule has 3 nitrogen and oxygen atoms in total. The van der Waals surface area contributed by atoms with E-state index in [1.54, 1.807) is 0 Å². The predicted octanol–water partition coefficient (Wildman–Crippen LogP) is 3.58. The SMILES string of the molecule is CC(C)CCC(C)n1cncc1C(CN)C(C)C. The van der Waals surface area contributed by atoms with Crippen LogP contribution < -0.4 is 5.73 Å². The molecule has 2 N–H and O–H groups in total. The third-order valence-electron chi connectivity index (χ3n) is 3.77. The Labute approximate surface area is 112 Å². The Morgan fingerprint density at radius 1 is 1.17 bits per heavy atom. The van der Waals surface area contributed by atoms with Crippen LogP contribution in [-0.2, 0) is 0 Å². The lowest BCUT2D eigenvalue weighted by molar-refractivity contribution is 0.403. The Hall–Kier alpha value is -0.830. The van der Waals surface area contributed by atoms with E-state index in [4.69, 9.17) is 5.73 Å². The number of nitrogens with two attached hydrogens (primary N) is 1. The maximum absolute atomic E-state index is 5.92. The second kappa shape index (κ2) is 6.93. The van der Waals surface area contributed by atoms with Gasteiger partial charge in [-0.3, -0.25) is 0 Å². The molecule has 1 aromatic rings. The highest BCUT2D eigenvalue weighted by molar-refractivity contribution is 5.09. The van der Waals surface area contributed by atoms with Crippen molar-refractivity contribution in [3.8, 4) is 0 Å². The lowest BCUT2D eigenvalue weighted by Gasteiger charge is -2.24. The zero-order valence-electron chi connectivity index (χ0n) is 12.6. The molecule has 0 fully saturated rings. The second-order valence-electron chi connectivity index (χ2n) is 6.13. The van der Waals surface area contributed by atoms with Crippen molar-refractivity contribution in [2.24, 2.45) is 17.6 Å². The van der Waals surface area contributed by atoms with Gasteiger partial charge >= 0.3 is 0 Å². The van der Waals surface area contributed by atoms with Crippen molar-refractivity contribution < 1.29 is 0 Å². The molecule has 2 atom stereocenters. The first-order chi connectivity index (χ1) is 8.47. The second-order valence-corrected chi connectivity index (χ2v) is 6.13. The lowest BCUT2D eigenvalue weighted by Crippen LogP contribution is -2.22. The summed E-state index contributed by atoms with van der Waals surface area (Å²) in [5.41, 5.74) is 7.21. The third-order valence-corrected chi connectivity index (χ3v) is 3.77. The topological polar surface area (TPSA) is 43.8 Å². The van der Waals surface area contributed by atoms with Gasteiger partial charge in [-0.25, -0.2) is 4.98 Å². The van der Waals surface area contributed by atoms with Crippen molar-refractivity contribution >= 4 is 0 Å². The fourth-order valence-electron chi connectivity index (χ4n) is 2.42. The van der Waals surface area contributed by atoms with Gasteiger partial charge in [0.15, 0.2) is 0 Å². The van der Waals surface area contributed by atoms with Crippen molar-refractivity contribution in [3.63, 3.8) is 0 Å². The summed E-state index contributed by atoms with van der Waals surface area (Å²) in [6.07, 6.45) is 6.42. The fraction of sp³-hybridized carbons (Fsp3) is 0.800. The van der Waals surface area contributed by atoms with Gasteiger partial charge in [0.05, 0.1) is 6.33 Å².